The van der Waals surface area contributed by atoms with Gasteiger partial charge in [0.2, 0.25) is 0 Å². The average Bonchev–Trinajstić information content (AvgIpc) is 2.68. The topological polar surface area (TPSA) is 40.5 Å². The van der Waals surface area contributed by atoms with Crippen LogP contribution in [-0.4, -0.2) is 24.3 Å². The zero-order chi connectivity index (χ0) is 12.8. The van der Waals surface area contributed by atoms with Crippen LogP contribution in [0.5, 0.6) is 0 Å². The second-order valence-electron chi connectivity index (χ2n) is 3.40. The Labute approximate surface area is 101 Å². The molecule has 0 amide bonds. The van der Waals surface area contributed by atoms with Crippen molar-refractivity contribution < 1.29 is 14.3 Å². The van der Waals surface area contributed by atoms with Gasteiger partial charge >= 0.3 is 5.97 Å². The third-order valence-electron chi connectivity index (χ3n) is 2.33. The summed E-state index contributed by atoms with van der Waals surface area (Å²) in [4.78, 5) is 11.7. The molecule has 0 N–H and O–H groups in total. The average molecular weight is 235 g/mol. The van der Waals surface area contributed by atoms with E-state index in [-0.39, 0.29) is 5.97 Å². The van der Waals surface area contributed by atoms with Gasteiger partial charge in [0, 0.05) is 19.3 Å². The number of hydrogen-bond donors (Lipinski definition) is 0. The van der Waals surface area contributed by atoms with Crippen LogP contribution in [0.15, 0.2) is 30.7 Å². The SMILES string of the molecule is C=C/C(=C\c1c(C(=O)OCC)ccn1C)OC. The van der Waals surface area contributed by atoms with Crippen LogP contribution in [-0.2, 0) is 16.5 Å². The van der Waals surface area contributed by atoms with Gasteiger partial charge in [-0.15, -0.1) is 0 Å². The predicted octanol–water partition coefficient (Wildman–Crippen LogP) is 2.38. The van der Waals surface area contributed by atoms with E-state index < -0.39 is 0 Å². The summed E-state index contributed by atoms with van der Waals surface area (Å²) in [6, 6.07) is 1.72. The van der Waals surface area contributed by atoms with E-state index >= 15 is 0 Å². The highest BCUT2D eigenvalue weighted by atomic mass is 16.5. The fourth-order valence-corrected chi connectivity index (χ4v) is 1.44. The van der Waals surface area contributed by atoms with E-state index in [1.54, 1.807) is 38.4 Å². The van der Waals surface area contributed by atoms with Crippen molar-refractivity contribution in [1.82, 2.24) is 4.57 Å². The lowest BCUT2D eigenvalue weighted by atomic mass is 10.2. The van der Waals surface area contributed by atoms with Crippen molar-refractivity contribution in [1.29, 1.82) is 0 Å². The third kappa shape index (κ3) is 3.00. The van der Waals surface area contributed by atoms with Gasteiger partial charge in [-0.05, 0) is 19.1 Å². The standard InChI is InChI=1S/C13H17NO3/c1-5-10(16-4)9-12-11(7-8-14(12)3)13(15)17-6-2/h5,7-9H,1,6H2,2-4H3/b10-9+. The van der Waals surface area contributed by atoms with Gasteiger partial charge in [-0.1, -0.05) is 6.58 Å². The van der Waals surface area contributed by atoms with E-state index in [9.17, 15) is 4.79 Å². The van der Waals surface area contributed by atoms with Crippen molar-refractivity contribution in [3.8, 4) is 0 Å². The molecule has 0 spiro atoms. The van der Waals surface area contributed by atoms with Crippen LogP contribution in [0.3, 0.4) is 0 Å². The molecule has 1 aromatic rings. The lowest BCUT2D eigenvalue weighted by Crippen LogP contribution is -2.06. The maximum Gasteiger partial charge on any atom is 0.340 e. The summed E-state index contributed by atoms with van der Waals surface area (Å²) in [5.41, 5.74) is 1.26. The molecular weight excluding hydrogens is 218 g/mol. The van der Waals surface area contributed by atoms with E-state index in [0.29, 0.717) is 17.9 Å². The van der Waals surface area contributed by atoms with E-state index in [1.165, 1.54) is 0 Å². The molecule has 0 fully saturated rings. The van der Waals surface area contributed by atoms with Crippen molar-refractivity contribution >= 4 is 12.0 Å². The predicted molar refractivity (Wildman–Crippen MR) is 66.6 cm³/mol. The van der Waals surface area contributed by atoms with Gasteiger partial charge < -0.3 is 14.0 Å². The molecule has 0 radical (unpaired) electrons. The first kappa shape index (κ1) is 13.1. The van der Waals surface area contributed by atoms with Crippen molar-refractivity contribution in [2.75, 3.05) is 13.7 Å². The minimum absolute atomic E-state index is 0.334. The number of rotatable bonds is 5. The van der Waals surface area contributed by atoms with Gasteiger partial charge in [0.1, 0.15) is 5.76 Å². The molecule has 0 saturated carbocycles. The molecule has 0 aliphatic heterocycles. The molecule has 0 aromatic carbocycles. The number of aromatic nitrogens is 1. The first-order valence-electron chi connectivity index (χ1n) is 5.34. The largest absolute Gasteiger partial charge is 0.497 e. The van der Waals surface area contributed by atoms with Gasteiger partial charge in [-0.25, -0.2) is 4.79 Å². The molecule has 0 atom stereocenters. The molecule has 1 rings (SSSR count). The zero-order valence-electron chi connectivity index (χ0n) is 10.4. The quantitative estimate of drug-likeness (QED) is 0.447. The molecule has 0 bridgehead atoms. The molecule has 0 unspecified atom stereocenters. The van der Waals surface area contributed by atoms with Crippen molar-refractivity contribution in [2.24, 2.45) is 7.05 Å². The summed E-state index contributed by atoms with van der Waals surface area (Å²) in [6.45, 7) is 5.77. The molecule has 1 heterocycles. The number of aryl methyl sites for hydroxylation is 1. The van der Waals surface area contributed by atoms with Crippen LogP contribution in [0, 0.1) is 0 Å². The molecule has 0 aliphatic rings. The Kier molecular flexibility index (Phi) is 4.57. The fourth-order valence-electron chi connectivity index (χ4n) is 1.44. The van der Waals surface area contributed by atoms with Crippen molar-refractivity contribution in [2.45, 2.75) is 6.92 Å². The van der Waals surface area contributed by atoms with E-state index in [4.69, 9.17) is 9.47 Å². The van der Waals surface area contributed by atoms with Crippen LogP contribution >= 0.6 is 0 Å². The number of carbonyl (C=O) groups excluding carboxylic acids is 1. The van der Waals surface area contributed by atoms with Gasteiger partial charge in [-0.3, -0.25) is 0 Å². The molecular formula is C13H17NO3. The Morgan fingerprint density at radius 3 is 2.82 bits per heavy atom. The lowest BCUT2D eigenvalue weighted by molar-refractivity contribution is 0.0526. The van der Waals surface area contributed by atoms with E-state index in [1.807, 2.05) is 11.6 Å². The monoisotopic (exact) mass is 235 g/mol. The Balaban J connectivity index is 3.14. The minimum atomic E-state index is -0.334. The minimum Gasteiger partial charge on any atom is -0.497 e. The number of hydrogen-bond acceptors (Lipinski definition) is 3. The summed E-state index contributed by atoms with van der Waals surface area (Å²) < 4.78 is 11.9. The maximum atomic E-state index is 11.7. The Morgan fingerprint density at radius 1 is 1.59 bits per heavy atom. The summed E-state index contributed by atoms with van der Waals surface area (Å²) in [7, 11) is 3.41. The second-order valence-corrected chi connectivity index (χ2v) is 3.40. The Morgan fingerprint density at radius 2 is 2.29 bits per heavy atom. The highest BCUT2D eigenvalue weighted by molar-refractivity contribution is 5.93. The smallest absolute Gasteiger partial charge is 0.340 e. The van der Waals surface area contributed by atoms with Gasteiger partial charge in [-0.2, -0.15) is 0 Å². The number of carbonyl (C=O) groups is 1. The molecule has 0 saturated heterocycles. The van der Waals surface area contributed by atoms with Crippen molar-refractivity contribution in [3.63, 3.8) is 0 Å². The Bertz CT molecular complexity index is 444. The molecule has 17 heavy (non-hydrogen) atoms. The normalized spacial score (nSPS) is 11.1. The van der Waals surface area contributed by atoms with Crippen LogP contribution in [0.4, 0.5) is 0 Å². The van der Waals surface area contributed by atoms with E-state index in [2.05, 4.69) is 6.58 Å². The first-order chi connectivity index (χ1) is 8.13. The lowest BCUT2D eigenvalue weighted by Gasteiger charge is -2.05. The number of methoxy groups -OCH3 is 1. The highest BCUT2D eigenvalue weighted by Crippen LogP contribution is 2.16. The van der Waals surface area contributed by atoms with Gasteiger partial charge in [0.25, 0.3) is 0 Å². The van der Waals surface area contributed by atoms with Crippen LogP contribution in [0.1, 0.15) is 23.0 Å². The first-order valence-corrected chi connectivity index (χ1v) is 5.34. The molecule has 0 aliphatic carbocycles. The van der Waals surface area contributed by atoms with Crippen LogP contribution < -0.4 is 0 Å². The van der Waals surface area contributed by atoms with Crippen LogP contribution in [0.25, 0.3) is 6.08 Å². The van der Waals surface area contributed by atoms with E-state index in [0.717, 1.165) is 5.69 Å². The number of nitrogens with zero attached hydrogens (tertiary/aromatic N) is 1. The molecule has 4 nitrogen and oxygen atoms in total. The second kappa shape index (κ2) is 5.94. The zero-order valence-corrected chi connectivity index (χ0v) is 10.4. The highest BCUT2D eigenvalue weighted by Gasteiger charge is 2.14. The van der Waals surface area contributed by atoms with Crippen LogP contribution in [0.2, 0.25) is 0 Å². The summed E-state index contributed by atoms with van der Waals surface area (Å²) in [5.74, 6) is 0.260. The fraction of sp³-hybridized carbons (Fsp3) is 0.308. The third-order valence-corrected chi connectivity index (χ3v) is 2.33. The van der Waals surface area contributed by atoms with Crippen molar-refractivity contribution in [3.05, 3.63) is 41.9 Å². The number of esters is 1. The number of allylic oxidation sites excluding steroid dienone is 1. The Hall–Kier alpha value is -1.97. The molecule has 4 heteroatoms. The van der Waals surface area contributed by atoms with Gasteiger partial charge in [0.15, 0.2) is 0 Å². The van der Waals surface area contributed by atoms with Gasteiger partial charge in [0.05, 0.1) is 25.0 Å². The molecule has 1 aromatic heterocycles. The number of ether oxygens (including phenoxy) is 2. The molecule has 92 valence electrons. The summed E-state index contributed by atoms with van der Waals surface area (Å²) in [6.07, 6.45) is 5.13. The summed E-state index contributed by atoms with van der Waals surface area (Å²) >= 11 is 0. The summed E-state index contributed by atoms with van der Waals surface area (Å²) in [5, 5.41) is 0. The maximum absolute atomic E-state index is 11.7.